The van der Waals surface area contributed by atoms with E-state index in [1.807, 2.05) is 0 Å². The van der Waals surface area contributed by atoms with E-state index in [0.717, 1.165) is 11.5 Å². The highest BCUT2D eigenvalue weighted by Gasteiger charge is 2.09. The second-order valence-electron chi connectivity index (χ2n) is 2.57. The van der Waals surface area contributed by atoms with Crippen molar-refractivity contribution in [1.82, 2.24) is 9.69 Å². The molecule has 0 aliphatic heterocycles. The minimum Gasteiger partial charge on any atom is -0.392 e. The van der Waals surface area contributed by atoms with Gasteiger partial charge in [-0.25, -0.2) is 0 Å². The third-order valence-corrected chi connectivity index (χ3v) is 2.34. The average Bonchev–Trinajstić information content (AvgIpc) is 2.47. The summed E-state index contributed by atoms with van der Waals surface area (Å²) in [5, 5.41) is 11.7. The van der Waals surface area contributed by atoms with Crippen LogP contribution < -0.4 is 5.32 Å². The molecule has 72 valence electrons. The lowest BCUT2D eigenvalue weighted by atomic mass is 10.4. The Kier molecular flexibility index (Phi) is 3.65. The lowest BCUT2D eigenvalue weighted by molar-refractivity contribution is 0.0928. The molecule has 0 saturated carbocycles. The van der Waals surface area contributed by atoms with E-state index in [2.05, 4.69) is 9.69 Å². The van der Waals surface area contributed by atoms with Crippen molar-refractivity contribution in [2.45, 2.75) is 13.0 Å². The molecule has 0 aliphatic rings. The van der Waals surface area contributed by atoms with Crippen molar-refractivity contribution in [3.63, 3.8) is 0 Å². The Bertz CT molecular complexity index is 300. The topological polar surface area (TPSA) is 62.2 Å². The summed E-state index contributed by atoms with van der Waals surface area (Å²) in [7, 11) is 0. The summed E-state index contributed by atoms with van der Waals surface area (Å²) in [5.41, 5.74) is 0. The minimum absolute atomic E-state index is 0.231. The molecule has 13 heavy (non-hydrogen) atoms. The molecule has 0 bridgehead atoms. The van der Waals surface area contributed by atoms with Crippen molar-refractivity contribution in [3.8, 4) is 0 Å². The Labute approximate surface area is 84.7 Å². The SMILES string of the molecule is C[C@@H](O)CNC(=O)c1cc(Cl)ns1. The molecule has 0 aromatic carbocycles. The molecule has 1 heterocycles. The van der Waals surface area contributed by atoms with Crippen molar-refractivity contribution < 1.29 is 9.90 Å². The van der Waals surface area contributed by atoms with Gasteiger partial charge in [-0.3, -0.25) is 4.79 Å². The Hall–Kier alpha value is -0.650. The first-order valence-corrected chi connectivity index (χ1v) is 4.83. The zero-order chi connectivity index (χ0) is 9.84. The molecule has 0 spiro atoms. The zero-order valence-electron chi connectivity index (χ0n) is 6.95. The number of nitrogens with zero attached hydrogens (tertiary/aromatic N) is 1. The molecule has 0 radical (unpaired) electrons. The number of amides is 1. The summed E-state index contributed by atoms with van der Waals surface area (Å²) < 4.78 is 3.75. The molecule has 1 rings (SSSR count). The van der Waals surface area contributed by atoms with Crippen molar-refractivity contribution in [2.24, 2.45) is 0 Å². The number of nitrogens with one attached hydrogen (secondary N) is 1. The maximum absolute atomic E-state index is 11.3. The van der Waals surface area contributed by atoms with Crippen molar-refractivity contribution in [1.29, 1.82) is 0 Å². The van der Waals surface area contributed by atoms with Gasteiger partial charge in [0.2, 0.25) is 0 Å². The monoisotopic (exact) mass is 220 g/mol. The van der Waals surface area contributed by atoms with Crippen LogP contribution in [0.2, 0.25) is 5.15 Å². The molecule has 2 N–H and O–H groups in total. The lowest BCUT2D eigenvalue weighted by Crippen LogP contribution is -2.29. The third-order valence-electron chi connectivity index (χ3n) is 1.26. The molecule has 0 aliphatic carbocycles. The number of carbonyl (C=O) groups excluding carboxylic acids is 1. The van der Waals surface area contributed by atoms with Gasteiger partial charge in [-0.1, -0.05) is 11.6 Å². The molecule has 6 heteroatoms. The van der Waals surface area contributed by atoms with Gasteiger partial charge in [0, 0.05) is 12.6 Å². The van der Waals surface area contributed by atoms with E-state index in [9.17, 15) is 4.79 Å². The fourth-order valence-corrected chi connectivity index (χ4v) is 1.52. The highest BCUT2D eigenvalue weighted by Crippen LogP contribution is 2.13. The van der Waals surface area contributed by atoms with E-state index in [1.165, 1.54) is 6.07 Å². The molecule has 0 fully saturated rings. The first-order valence-electron chi connectivity index (χ1n) is 3.68. The van der Waals surface area contributed by atoms with Crippen LogP contribution >= 0.6 is 23.1 Å². The molecule has 4 nitrogen and oxygen atoms in total. The standard InChI is InChI=1S/C7H9ClN2O2S/c1-4(11)3-9-7(12)5-2-6(8)10-13-5/h2,4,11H,3H2,1H3,(H,9,12)/t4-/m1/s1. The number of halogens is 1. The van der Waals surface area contributed by atoms with Crippen LogP contribution in [-0.4, -0.2) is 28.0 Å². The maximum Gasteiger partial charge on any atom is 0.263 e. The molecule has 1 aromatic heterocycles. The van der Waals surface area contributed by atoms with Crippen LogP contribution in [-0.2, 0) is 0 Å². The van der Waals surface area contributed by atoms with Gasteiger partial charge in [0.15, 0.2) is 0 Å². The highest BCUT2D eigenvalue weighted by atomic mass is 35.5. The number of hydrogen-bond acceptors (Lipinski definition) is 4. The summed E-state index contributed by atoms with van der Waals surface area (Å²) in [5.74, 6) is -0.259. The van der Waals surface area contributed by atoms with Gasteiger partial charge in [0.05, 0.1) is 6.10 Å². The smallest absolute Gasteiger partial charge is 0.263 e. The number of aliphatic hydroxyl groups excluding tert-OH is 1. The van der Waals surface area contributed by atoms with Crippen LogP contribution in [0.25, 0.3) is 0 Å². The Morgan fingerprint density at radius 3 is 3.08 bits per heavy atom. The molecule has 0 saturated heterocycles. The fraction of sp³-hybridized carbons (Fsp3) is 0.429. The summed E-state index contributed by atoms with van der Waals surface area (Å²) in [6.07, 6.45) is -0.549. The lowest BCUT2D eigenvalue weighted by Gasteiger charge is -2.04. The quantitative estimate of drug-likeness (QED) is 0.796. The molecular weight excluding hydrogens is 212 g/mol. The van der Waals surface area contributed by atoms with Crippen LogP contribution in [0.5, 0.6) is 0 Å². The molecule has 1 atom stereocenters. The van der Waals surface area contributed by atoms with Crippen LogP contribution in [0.15, 0.2) is 6.07 Å². The average molecular weight is 221 g/mol. The number of carbonyl (C=O) groups is 1. The zero-order valence-corrected chi connectivity index (χ0v) is 8.52. The summed E-state index contributed by atoms with van der Waals surface area (Å²) in [6, 6.07) is 1.49. The largest absolute Gasteiger partial charge is 0.392 e. The van der Waals surface area contributed by atoms with E-state index in [1.54, 1.807) is 6.92 Å². The van der Waals surface area contributed by atoms with Crippen LogP contribution in [0.1, 0.15) is 16.6 Å². The summed E-state index contributed by atoms with van der Waals surface area (Å²) in [6.45, 7) is 1.83. The predicted molar refractivity (Wildman–Crippen MR) is 51.1 cm³/mol. The Balaban J connectivity index is 2.49. The van der Waals surface area contributed by atoms with E-state index in [-0.39, 0.29) is 12.5 Å². The first kappa shape index (κ1) is 10.4. The van der Waals surface area contributed by atoms with Gasteiger partial charge in [-0.2, -0.15) is 4.37 Å². The van der Waals surface area contributed by atoms with Crippen LogP contribution in [0.3, 0.4) is 0 Å². The van der Waals surface area contributed by atoms with E-state index >= 15 is 0 Å². The van der Waals surface area contributed by atoms with Crippen LogP contribution in [0, 0.1) is 0 Å². The number of aliphatic hydroxyl groups is 1. The van der Waals surface area contributed by atoms with Gasteiger partial charge in [-0.05, 0) is 18.5 Å². The number of aromatic nitrogens is 1. The molecule has 1 aromatic rings. The second-order valence-corrected chi connectivity index (χ2v) is 3.77. The number of hydrogen-bond donors (Lipinski definition) is 2. The minimum atomic E-state index is -0.549. The second kappa shape index (κ2) is 4.55. The van der Waals surface area contributed by atoms with Gasteiger partial charge in [0.25, 0.3) is 5.91 Å². The molecule has 1 amide bonds. The fourth-order valence-electron chi connectivity index (χ4n) is 0.688. The van der Waals surface area contributed by atoms with Gasteiger partial charge >= 0.3 is 0 Å². The van der Waals surface area contributed by atoms with E-state index in [0.29, 0.717) is 10.0 Å². The third kappa shape index (κ3) is 3.30. The predicted octanol–water partition coefficient (Wildman–Crippen LogP) is 0.907. The molecular formula is C7H9ClN2O2S. The number of rotatable bonds is 3. The maximum atomic E-state index is 11.3. The van der Waals surface area contributed by atoms with Gasteiger partial charge in [-0.15, -0.1) is 0 Å². The van der Waals surface area contributed by atoms with Crippen LogP contribution in [0.4, 0.5) is 0 Å². The highest BCUT2D eigenvalue weighted by molar-refractivity contribution is 7.08. The Morgan fingerprint density at radius 1 is 1.92 bits per heavy atom. The van der Waals surface area contributed by atoms with E-state index < -0.39 is 6.10 Å². The summed E-state index contributed by atoms with van der Waals surface area (Å²) >= 11 is 6.57. The van der Waals surface area contributed by atoms with Crippen molar-refractivity contribution in [3.05, 3.63) is 16.1 Å². The van der Waals surface area contributed by atoms with Crippen molar-refractivity contribution in [2.75, 3.05) is 6.54 Å². The normalized spacial score (nSPS) is 12.5. The van der Waals surface area contributed by atoms with Gasteiger partial charge < -0.3 is 10.4 Å². The first-order chi connectivity index (χ1) is 6.09. The Morgan fingerprint density at radius 2 is 2.62 bits per heavy atom. The van der Waals surface area contributed by atoms with Gasteiger partial charge in [0.1, 0.15) is 10.0 Å². The van der Waals surface area contributed by atoms with E-state index in [4.69, 9.17) is 16.7 Å². The van der Waals surface area contributed by atoms with Crippen molar-refractivity contribution >= 4 is 29.0 Å². The molecule has 0 unspecified atom stereocenters. The summed E-state index contributed by atoms with van der Waals surface area (Å²) in [4.78, 5) is 11.7.